The van der Waals surface area contributed by atoms with E-state index >= 15 is 0 Å². The number of carbonyl (C=O) groups excluding carboxylic acids is 2. The van der Waals surface area contributed by atoms with Crippen molar-refractivity contribution in [3.8, 4) is 5.75 Å². The van der Waals surface area contributed by atoms with Crippen molar-refractivity contribution < 1.29 is 27.5 Å². The second-order valence-corrected chi connectivity index (χ2v) is 8.55. The number of hydrogen-bond donors (Lipinski definition) is 1. The van der Waals surface area contributed by atoms with Crippen molar-refractivity contribution in [3.05, 3.63) is 42.2 Å². The lowest BCUT2D eigenvalue weighted by Gasteiger charge is -2.23. The van der Waals surface area contributed by atoms with Crippen molar-refractivity contribution in [2.24, 2.45) is 7.05 Å². The molecule has 2 aromatic rings. The van der Waals surface area contributed by atoms with Gasteiger partial charge in [0, 0.05) is 25.5 Å². The van der Waals surface area contributed by atoms with Crippen LogP contribution in [0.5, 0.6) is 5.75 Å². The standard InChI is InChI=1S/C19H23N3O6S/c1-21-12-15(11-17(21)19(24)28-3)29(25,26)22-10-4-5-16(22)18(23)20-13-6-8-14(27-2)9-7-13/h6-9,11-12,16H,4-5,10H2,1-3H3,(H,20,23)/t16-/m1/s1. The summed E-state index contributed by atoms with van der Waals surface area (Å²) in [6, 6.07) is 7.21. The molecule has 0 spiro atoms. The molecule has 29 heavy (non-hydrogen) atoms. The van der Waals surface area contributed by atoms with E-state index in [0.717, 1.165) is 0 Å². The summed E-state index contributed by atoms with van der Waals surface area (Å²) in [4.78, 5) is 24.5. The lowest BCUT2D eigenvalue weighted by molar-refractivity contribution is -0.119. The molecule has 9 nitrogen and oxygen atoms in total. The van der Waals surface area contributed by atoms with Gasteiger partial charge in [0.05, 0.1) is 14.2 Å². The van der Waals surface area contributed by atoms with Gasteiger partial charge in [0.25, 0.3) is 0 Å². The van der Waals surface area contributed by atoms with Gasteiger partial charge in [-0.05, 0) is 43.2 Å². The first kappa shape index (κ1) is 20.9. The first-order valence-corrected chi connectivity index (χ1v) is 10.4. The number of rotatable bonds is 6. The number of aryl methyl sites for hydroxylation is 1. The molecule has 1 saturated heterocycles. The minimum atomic E-state index is -3.96. The number of ether oxygens (including phenoxy) is 2. The number of carbonyl (C=O) groups is 2. The van der Waals surface area contributed by atoms with Gasteiger partial charge in [0.2, 0.25) is 15.9 Å². The number of anilines is 1. The molecule has 2 heterocycles. The summed E-state index contributed by atoms with van der Waals surface area (Å²) in [5.74, 6) is -0.386. The molecule has 3 rings (SSSR count). The van der Waals surface area contributed by atoms with E-state index in [4.69, 9.17) is 4.74 Å². The van der Waals surface area contributed by atoms with Crippen LogP contribution in [0.1, 0.15) is 23.3 Å². The van der Waals surface area contributed by atoms with Crippen LogP contribution in [0.25, 0.3) is 0 Å². The SMILES string of the molecule is COC(=O)c1cc(S(=O)(=O)N2CCC[C@@H]2C(=O)Nc2ccc(OC)cc2)cn1C. The Morgan fingerprint density at radius 1 is 1.17 bits per heavy atom. The van der Waals surface area contributed by atoms with Crippen molar-refractivity contribution in [1.29, 1.82) is 0 Å². The second kappa shape index (κ2) is 8.26. The number of aromatic nitrogens is 1. The fourth-order valence-electron chi connectivity index (χ4n) is 3.31. The van der Waals surface area contributed by atoms with Gasteiger partial charge in [0.15, 0.2) is 0 Å². The molecule has 1 N–H and O–H groups in total. The number of amides is 1. The third-order valence-electron chi connectivity index (χ3n) is 4.84. The second-order valence-electron chi connectivity index (χ2n) is 6.66. The van der Waals surface area contributed by atoms with Crippen LogP contribution >= 0.6 is 0 Å². The van der Waals surface area contributed by atoms with Crippen molar-refractivity contribution >= 4 is 27.6 Å². The van der Waals surface area contributed by atoms with E-state index in [2.05, 4.69) is 10.1 Å². The topological polar surface area (TPSA) is 107 Å². The smallest absolute Gasteiger partial charge is 0.354 e. The van der Waals surface area contributed by atoms with Gasteiger partial charge < -0.3 is 19.4 Å². The van der Waals surface area contributed by atoms with Crippen molar-refractivity contribution in [2.45, 2.75) is 23.8 Å². The van der Waals surface area contributed by atoms with E-state index in [1.165, 1.54) is 28.2 Å². The summed E-state index contributed by atoms with van der Waals surface area (Å²) in [5.41, 5.74) is 0.664. The average molecular weight is 421 g/mol. The number of sulfonamides is 1. The number of hydrogen-bond acceptors (Lipinski definition) is 6. The molecule has 1 atom stereocenters. The molecule has 1 aliphatic heterocycles. The lowest BCUT2D eigenvalue weighted by Crippen LogP contribution is -2.43. The highest BCUT2D eigenvalue weighted by Crippen LogP contribution is 2.28. The number of benzene rings is 1. The average Bonchev–Trinajstić information content (AvgIpc) is 3.35. The van der Waals surface area contributed by atoms with Crippen LogP contribution in [0.3, 0.4) is 0 Å². The molecule has 0 radical (unpaired) electrons. The van der Waals surface area contributed by atoms with Crippen molar-refractivity contribution in [1.82, 2.24) is 8.87 Å². The molecule has 0 bridgehead atoms. The Bertz CT molecular complexity index is 1010. The molecule has 10 heteroatoms. The number of nitrogens with one attached hydrogen (secondary N) is 1. The molecule has 1 aromatic carbocycles. The first-order chi connectivity index (χ1) is 13.8. The molecule has 0 aliphatic carbocycles. The Balaban J connectivity index is 1.81. The Morgan fingerprint density at radius 2 is 1.86 bits per heavy atom. The van der Waals surface area contributed by atoms with Crippen LogP contribution in [-0.2, 0) is 26.6 Å². The third kappa shape index (κ3) is 4.13. The molecule has 1 aliphatic rings. The maximum Gasteiger partial charge on any atom is 0.354 e. The van der Waals surface area contributed by atoms with Gasteiger partial charge in [-0.3, -0.25) is 4.79 Å². The summed E-state index contributed by atoms with van der Waals surface area (Å²) < 4.78 is 38.6. The van der Waals surface area contributed by atoms with E-state index in [-0.39, 0.29) is 17.1 Å². The molecule has 1 aromatic heterocycles. The Kier molecular flexibility index (Phi) is 5.94. The van der Waals surface area contributed by atoms with Gasteiger partial charge in [-0.1, -0.05) is 0 Å². The van der Waals surface area contributed by atoms with Crippen LogP contribution in [0.2, 0.25) is 0 Å². The highest BCUT2D eigenvalue weighted by molar-refractivity contribution is 7.89. The largest absolute Gasteiger partial charge is 0.497 e. The van der Waals surface area contributed by atoms with Gasteiger partial charge in [-0.15, -0.1) is 0 Å². The van der Waals surface area contributed by atoms with Crippen molar-refractivity contribution in [3.63, 3.8) is 0 Å². The number of methoxy groups -OCH3 is 2. The van der Waals surface area contributed by atoms with Gasteiger partial charge in [0.1, 0.15) is 22.4 Å². The number of nitrogens with zero attached hydrogens (tertiary/aromatic N) is 2. The number of esters is 1. The Labute approximate surface area is 169 Å². The van der Waals surface area contributed by atoms with Crippen LogP contribution in [0.4, 0.5) is 5.69 Å². The monoisotopic (exact) mass is 421 g/mol. The maximum atomic E-state index is 13.1. The summed E-state index contributed by atoms with van der Waals surface area (Å²) in [6.45, 7) is 0.228. The zero-order chi connectivity index (χ0) is 21.2. The summed E-state index contributed by atoms with van der Waals surface area (Å²) in [5, 5.41) is 2.75. The molecule has 0 saturated carbocycles. The van der Waals surface area contributed by atoms with Crippen LogP contribution in [-0.4, -0.2) is 56.0 Å². The minimum absolute atomic E-state index is 0.0513. The predicted octanol–water partition coefficient (Wildman–Crippen LogP) is 1.61. The molecule has 1 fully saturated rings. The fraction of sp³-hybridized carbons (Fsp3) is 0.368. The molecule has 156 valence electrons. The van der Waals surface area contributed by atoms with E-state index < -0.39 is 27.9 Å². The molecular formula is C19H23N3O6S. The van der Waals surface area contributed by atoms with Crippen LogP contribution < -0.4 is 10.1 Å². The van der Waals surface area contributed by atoms with Gasteiger partial charge in [-0.25, -0.2) is 13.2 Å². The summed E-state index contributed by atoms with van der Waals surface area (Å²) in [6.07, 6.45) is 2.33. The van der Waals surface area contributed by atoms with E-state index in [1.807, 2.05) is 0 Å². The Morgan fingerprint density at radius 3 is 2.48 bits per heavy atom. The summed E-state index contributed by atoms with van der Waals surface area (Å²) >= 11 is 0. The quantitative estimate of drug-likeness (QED) is 0.710. The van der Waals surface area contributed by atoms with Gasteiger partial charge >= 0.3 is 5.97 Å². The predicted molar refractivity (Wildman–Crippen MR) is 105 cm³/mol. The fourth-order valence-corrected chi connectivity index (χ4v) is 5.04. The maximum absolute atomic E-state index is 13.1. The zero-order valence-corrected chi connectivity index (χ0v) is 17.2. The van der Waals surface area contributed by atoms with E-state index in [0.29, 0.717) is 24.3 Å². The highest BCUT2D eigenvalue weighted by Gasteiger charge is 2.40. The van der Waals surface area contributed by atoms with Gasteiger partial charge in [-0.2, -0.15) is 4.31 Å². The lowest BCUT2D eigenvalue weighted by atomic mass is 10.2. The zero-order valence-electron chi connectivity index (χ0n) is 16.4. The first-order valence-electron chi connectivity index (χ1n) is 8.99. The van der Waals surface area contributed by atoms with E-state index in [9.17, 15) is 18.0 Å². The Hall–Kier alpha value is -2.85. The van der Waals surface area contributed by atoms with Crippen molar-refractivity contribution in [2.75, 3.05) is 26.1 Å². The normalized spacial score (nSPS) is 17.1. The van der Waals surface area contributed by atoms with Crippen LogP contribution in [0.15, 0.2) is 41.4 Å². The minimum Gasteiger partial charge on any atom is -0.497 e. The molecule has 1 amide bonds. The van der Waals surface area contributed by atoms with E-state index in [1.54, 1.807) is 38.4 Å². The third-order valence-corrected chi connectivity index (χ3v) is 6.72. The molecular weight excluding hydrogens is 398 g/mol. The van der Waals surface area contributed by atoms with Crippen LogP contribution in [0, 0.1) is 0 Å². The summed E-state index contributed by atoms with van der Waals surface area (Å²) in [7, 11) is 0.375. The molecule has 0 unspecified atom stereocenters. The highest BCUT2D eigenvalue weighted by atomic mass is 32.2.